The zero-order valence-corrected chi connectivity index (χ0v) is 11.2. The van der Waals surface area contributed by atoms with Crippen LogP contribution < -0.4 is 11.1 Å². The first-order chi connectivity index (χ1) is 8.11. The number of aliphatic carboxylic acids is 1. The first-order valence-corrected chi connectivity index (χ1v) is 5.72. The number of rotatable bonds is 6. The molecule has 1 unspecified atom stereocenters. The van der Waals surface area contributed by atoms with E-state index in [1.807, 2.05) is 0 Å². The molecule has 0 aromatic heterocycles. The second-order valence-corrected chi connectivity index (χ2v) is 4.65. The molecule has 0 heterocycles. The number of urea groups is 1. The Morgan fingerprint density at radius 3 is 2.22 bits per heavy atom. The maximum atomic E-state index is 11.9. The summed E-state index contributed by atoms with van der Waals surface area (Å²) in [6.07, 6.45) is -0.155. The lowest BCUT2D eigenvalue weighted by Gasteiger charge is -2.31. The van der Waals surface area contributed by atoms with Crippen LogP contribution >= 0.6 is 0 Å². The molecular formula is C11H21N3O4. The van der Waals surface area contributed by atoms with Gasteiger partial charge in [-0.1, -0.05) is 0 Å². The van der Waals surface area contributed by atoms with E-state index in [1.54, 1.807) is 13.8 Å². The Hall–Kier alpha value is -1.79. The molecule has 7 nitrogen and oxygen atoms in total. The number of carboxylic acids is 1. The molecular weight excluding hydrogens is 238 g/mol. The highest BCUT2D eigenvalue weighted by Crippen LogP contribution is 2.07. The fourth-order valence-electron chi connectivity index (χ4n) is 1.42. The normalized spacial score (nSPS) is 12.7. The number of carbonyl (C=O) groups is 3. The molecule has 0 aliphatic rings. The number of carboxylic acid groups (broad SMARTS) is 1. The minimum Gasteiger partial charge on any atom is -0.481 e. The van der Waals surface area contributed by atoms with E-state index in [0.29, 0.717) is 6.54 Å². The van der Waals surface area contributed by atoms with Gasteiger partial charge in [0.1, 0.15) is 5.54 Å². The number of nitrogens with zero attached hydrogens (tertiary/aromatic N) is 1. The highest BCUT2D eigenvalue weighted by molar-refractivity contribution is 5.89. The molecule has 0 rings (SSSR count). The van der Waals surface area contributed by atoms with Crippen molar-refractivity contribution in [3.05, 3.63) is 0 Å². The van der Waals surface area contributed by atoms with Gasteiger partial charge in [0, 0.05) is 12.6 Å². The van der Waals surface area contributed by atoms with Crippen LogP contribution in [0.5, 0.6) is 0 Å². The highest BCUT2D eigenvalue weighted by Gasteiger charge is 2.30. The molecule has 0 spiro atoms. The number of hydrogen-bond acceptors (Lipinski definition) is 3. The topological polar surface area (TPSA) is 113 Å². The summed E-state index contributed by atoms with van der Waals surface area (Å²) in [6.45, 7) is 6.69. The standard InChI is InChI=1S/C11H21N3O4/c1-5-14(7(2)6-8(15)16)10(18)13-11(3,4)9(12)17/h7H,5-6H2,1-4H3,(H2,12,17)(H,13,18)(H,15,16). The molecule has 18 heavy (non-hydrogen) atoms. The Kier molecular flexibility index (Phi) is 5.61. The van der Waals surface area contributed by atoms with E-state index < -0.39 is 29.5 Å². The Labute approximate surface area is 106 Å². The van der Waals surface area contributed by atoms with Crippen molar-refractivity contribution in [1.29, 1.82) is 0 Å². The molecule has 0 aromatic rings. The average molecular weight is 259 g/mol. The van der Waals surface area contributed by atoms with Gasteiger partial charge in [0.2, 0.25) is 5.91 Å². The molecule has 0 aliphatic heterocycles. The van der Waals surface area contributed by atoms with Crippen molar-refractivity contribution < 1.29 is 19.5 Å². The highest BCUT2D eigenvalue weighted by atomic mass is 16.4. The van der Waals surface area contributed by atoms with Crippen molar-refractivity contribution in [2.24, 2.45) is 5.73 Å². The zero-order valence-electron chi connectivity index (χ0n) is 11.2. The lowest BCUT2D eigenvalue weighted by atomic mass is 10.1. The molecule has 0 fully saturated rings. The molecule has 0 bridgehead atoms. The van der Waals surface area contributed by atoms with Gasteiger partial charge >= 0.3 is 12.0 Å². The lowest BCUT2D eigenvalue weighted by molar-refractivity contribution is -0.138. The third-order valence-electron chi connectivity index (χ3n) is 2.64. The summed E-state index contributed by atoms with van der Waals surface area (Å²) in [4.78, 5) is 35.0. The van der Waals surface area contributed by atoms with Crippen LogP contribution in [0.25, 0.3) is 0 Å². The van der Waals surface area contributed by atoms with Crippen LogP contribution in [0.3, 0.4) is 0 Å². The largest absolute Gasteiger partial charge is 0.481 e. The number of amides is 3. The van der Waals surface area contributed by atoms with Crippen LogP contribution in [0.15, 0.2) is 0 Å². The van der Waals surface area contributed by atoms with Crippen molar-refractivity contribution in [3.8, 4) is 0 Å². The number of hydrogen-bond donors (Lipinski definition) is 3. The van der Waals surface area contributed by atoms with Gasteiger partial charge in [-0.15, -0.1) is 0 Å². The molecule has 0 aromatic carbocycles. The Balaban J connectivity index is 4.72. The van der Waals surface area contributed by atoms with Crippen LogP contribution in [-0.2, 0) is 9.59 Å². The van der Waals surface area contributed by atoms with Crippen LogP contribution in [-0.4, -0.2) is 46.0 Å². The minimum absolute atomic E-state index is 0.155. The molecule has 1 atom stereocenters. The number of primary amides is 1. The first-order valence-electron chi connectivity index (χ1n) is 5.72. The lowest BCUT2D eigenvalue weighted by Crippen LogP contribution is -2.58. The molecule has 0 aliphatic carbocycles. The fourth-order valence-corrected chi connectivity index (χ4v) is 1.42. The van der Waals surface area contributed by atoms with Crippen LogP contribution in [0.1, 0.15) is 34.1 Å². The molecule has 0 saturated carbocycles. The molecule has 7 heteroatoms. The second kappa shape index (κ2) is 6.23. The predicted molar refractivity (Wildman–Crippen MR) is 65.9 cm³/mol. The van der Waals surface area contributed by atoms with E-state index in [4.69, 9.17) is 10.8 Å². The summed E-state index contributed by atoms with van der Waals surface area (Å²) in [5, 5.41) is 11.2. The van der Waals surface area contributed by atoms with Crippen LogP contribution in [0, 0.1) is 0 Å². The smallest absolute Gasteiger partial charge is 0.318 e. The number of nitrogens with two attached hydrogens (primary N) is 1. The summed E-state index contributed by atoms with van der Waals surface area (Å²) in [6, 6.07) is -0.966. The van der Waals surface area contributed by atoms with E-state index in [-0.39, 0.29) is 6.42 Å². The minimum atomic E-state index is -1.17. The summed E-state index contributed by atoms with van der Waals surface area (Å²) in [5.41, 5.74) is 3.98. The Morgan fingerprint density at radius 2 is 1.89 bits per heavy atom. The van der Waals surface area contributed by atoms with Gasteiger partial charge in [0.25, 0.3) is 0 Å². The summed E-state index contributed by atoms with van der Waals surface area (Å²) in [7, 11) is 0. The third kappa shape index (κ3) is 4.60. The van der Waals surface area contributed by atoms with E-state index in [1.165, 1.54) is 18.7 Å². The number of nitrogens with one attached hydrogen (secondary N) is 1. The summed E-state index contributed by atoms with van der Waals surface area (Å²) < 4.78 is 0. The van der Waals surface area contributed by atoms with Crippen molar-refractivity contribution in [3.63, 3.8) is 0 Å². The van der Waals surface area contributed by atoms with Crippen molar-refractivity contribution in [2.75, 3.05) is 6.54 Å². The van der Waals surface area contributed by atoms with Gasteiger partial charge in [0.05, 0.1) is 6.42 Å². The maximum absolute atomic E-state index is 11.9. The van der Waals surface area contributed by atoms with Gasteiger partial charge < -0.3 is 21.1 Å². The van der Waals surface area contributed by atoms with Crippen molar-refractivity contribution in [2.45, 2.75) is 45.7 Å². The van der Waals surface area contributed by atoms with Gasteiger partial charge in [-0.3, -0.25) is 9.59 Å². The van der Waals surface area contributed by atoms with E-state index in [9.17, 15) is 14.4 Å². The van der Waals surface area contributed by atoms with E-state index in [0.717, 1.165) is 0 Å². The molecule has 0 radical (unpaired) electrons. The van der Waals surface area contributed by atoms with E-state index in [2.05, 4.69) is 5.32 Å². The van der Waals surface area contributed by atoms with Crippen LogP contribution in [0.2, 0.25) is 0 Å². The summed E-state index contributed by atoms with van der Waals surface area (Å²) >= 11 is 0. The van der Waals surface area contributed by atoms with E-state index >= 15 is 0 Å². The second-order valence-electron chi connectivity index (χ2n) is 4.65. The SMILES string of the molecule is CCN(C(=O)NC(C)(C)C(N)=O)C(C)CC(=O)O. The van der Waals surface area contributed by atoms with Gasteiger partial charge in [-0.2, -0.15) is 0 Å². The third-order valence-corrected chi connectivity index (χ3v) is 2.64. The molecule has 0 saturated heterocycles. The van der Waals surface area contributed by atoms with Gasteiger partial charge in [-0.05, 0) is 27.7 Å². The average Bonchev–Trinajstić information content (AvgIpc) is 2.15. The van der Waals surface area contributed by atoms with Crippen molar-refractivity contribution in [1.82, 2.24) is 10.2 Å². The first kappa shape index (κ1) is 16.2. The quantitative estimate of drug-likeness (QED) is 0.630. The fraction of sp³-hybridized carbons (Fsp3) is 0.727. The Morgan fingerprint density at radius 1 is 1.39 bits per heavy atom. The maximum Gasteiger partial charge on any atom is 0.318 e. The van der Waals surface area contributed by atoms with Gasteiger partial charge in [0.15, 0.2) is 0 Å². The monoisotopic (exact) mass is 259 g/mol. The molecule has 104 valence electrons. The van der Waals surface area contributed by atoms with Crippen LogP contribution in [0.4, 0.5) is 4.79 Å². The van der Waals surface area contributed by atoms with Crippen molar-refractivity contribution >= 4 is 17.9 Å². The van der Waals surface area contributed by atoms with Gasteiger partial charge in [-0.25, -0.2) is 4.79 Å². The molecule has 4 N–H and O–H groups in total. The summed E-state index contributed by atoms with van der Waals surface area (Å²) in [5.74, 6) is -1.64. The zero-order chi connectivity index (χ0) is 14.5. The predicted octanol–water partition coefficient (Wildman–Crippen LogP) is 0.145. The Bertz CT molecular complexity index is 341. The molecule has 3 amide bonds. The number of carbonyl (C=O) groups excluding carboxylic acids is 2.